The summed E-state index contributed by atoms with van der Waals surface area (Å²) in [6.45, 7) is 5.68. The van der Waals surface area contributed by atoms with Gasteiger partial charge in [0.25, 0.3) is 0 Å². The second-order valence-corrected chi connectivity index (χ2v) is 9.81. The average Bonchev–Trinajstić information content (AvgIpc) is 2.65. The highest BCUT2D eigenvalue weighted by molar-refractivity contribution is 7.79. The molecule has 0 aliphatic heterocycles. The summed E-state index contributed by atoms with van der Waals surface area (Å²) >= 11 is 0. The van der Waals surface area contributed by atoms with E-state index in [1.807, 2.05) is 67.6 Å². The molecule has 0 saturated carbocycles. The SMILES string of the molecule is CCCCCC(/C(C)=C/C(C)=O)P(=O)(c1ccccc1)c1ccccc1. The highest BCUT2D eigenvalue weighted by Crippen LogP contribution is 2.53. The first kappa shape index (κ1) is 20.4. The molecule has 0 spiro atoms. The molecule has 1 atom stereocenters. The summed E-state index contributed by atoms with van der Waals surface area (Å²) in [7, 11) is -2.91. The maximum atomic E-state index is 14.6. The lowest BCUT2D eigenvalue weighted by Crippen LogP contribution is -2.27. The molecule has 1 unspecified atom stereocenters. The van der Waals surface area contributed by atoms with E-state index in [0.29, 0.717) is 0 Å². The summed E-state index contributed by atoms with van der Waals surface area (Å²) in [5, 5.41) is 1.73. The number of carbonyl (C=O) groups is 1. The fourth-order valence-corrected chi connectivity index (χ4v) is 6.95. The highest BCUT2D eigenvalue weighted by atomic mass is 31.2. The third-order valence-electron chi connectivity index (χ3n) is 4.76. The van der Waals surface area contributed by atoms with Crippen molar-refractivity contribution in [2.75, 3.05) is 0 Å². The maximum absolute atomic E-state index is 14.6. The Bertz CT molecular complexity index is 735. The Morgan fingerprint density at radius 3 is 1.85 bits per heavy atom. The van der Waals surface area contributed by atoms with E-state index in [9.17, 15) is 9.36 Å². The van der Waals surface area contributed by atoms with Crippen LogP contribution < -0.4 is 10.6 Å². The molecule has 26 heavy (non-hydrogen) atoms. The minimum atomic E-state index is -2.91. The lowest BCUT2D eigenvalue weighted by molar-refractivity contribution is -0.112. The molecule has 0 fully saturated rings. The van der Waals surface area contributed by atoms with Crippen molar-refractivity contribution in [2.24, 2.45) is 0 Å². The fraction of sp³-hybridized carbons (Fsp3) is 0.348. The van der Waals surface area contributed by atoms with Crippen molar-refractivity contribution in [1.82, 2.24) is 0 Å². The minimum Gasteiger partial charge on any atom is -0.313 e. The number of rotatable bonds is 9. The van der Waals surface area contributed by atoms with Crippen LogP contribution in [0.2, 0.25) is 0 Å². The van der Waals surface area contributed by atoms with Crippen LogP contribution in [0.5, 0.6) is 0 Å². The fourth-order valence-electron chi connectivity index (χ4n) is 3.51. The zero-order valence-electron chi connectivity index (χ0n) is 16.0. The molecule has 2 aromatic rings. The van der Waals surface area contributed by atoms with Gasteiger partial charge in [-0.15, -0.1) is 0 Å². The number of ketones is 1. The molecule has 138 valence electrons. The normalized spacial score (nSPS) is 13.4. The van der Waals surface area contributed by atoms with Crippen LogP contribution in [0.1, 0.15) is 46.5 Å². The smallest absolute Gasteiger partial charge is 0.152 e. The van der Waals surface area contributed by atoms with Gasteiger partial charge in [0.1, 0.15) is 7.14 Å². The monoisotopic (exact) mass is 368 g/mol. The van der Waals surface area contributed by atoms with Crippen molar-refractivity contribution in [1.29, 1.82) is 0 Å². The van der Waals surface area contributed by atoms with Gasteiger partial charge >= 0.3 is 0 Å². The van der Waals surface area contributed by atoms with Gasteiger partial charge in [0, 0.05) is 16.3 Å². The molecule has 0 amide bonds. The van der Waals surface area contributed by atoms with Gasteiger partial charge < -0.3 is 4.57 Å². The molecular weight excluding hydrogens is 339 g/mol. The van der Waals surface area contributed by atoms with Gasteiger partial charge in [0.2, 0.25) is 0 Å². The first-order valence-corrected chi connectivity index (χ1v) is 11.2. The van der Waals surface area contributed by atoms with E-state index in [2.05, 4.69) is 6.92 Å². The third-order valence-corrected chi connectivity index (χ3v) is 8.43. The zero-order chi connectivity index (χ0) is 19.0. The molecule has 3 heteroatoms. The Hall–Kier alpha value is -1.92. The zero-order valence-corrected chi connectivity index (χ0v) is 16.9. The standard InChI is InChI=1S/C23H29O2P/c1-4-5-8-17-23(19(2)18-20(3)24)26(25,21-13-9-6-10-14-21)22-15-11-7-12-16-22/h6-7,9-16,18,23H,4-5,8,17H2,1-3H3/b19-18+. The van der Waals surface area contributed by atoms with E-state index < -0.39 is 7.14 Å². The minimum absolute atomic E-state index is 0.00987. The molecule has 0 N–H and O–H groups in total. The third kappa shape index (κ3) is 4.83. The number of hydrogen-bond donors (Lipinski definition) is 0. The predicted molar refractivity (Wildman–Crippen MR) is 112 cm³/mol. The number of unbranched alkanes of at least 4 members (excludes halogenated alkanes) is 2. The Labute approximate surface area is 157 Å². The Morgan fingerprint density at radius 2 is 1.42 bits per heavy atom. The molecule has 0 saturated heterocycles. The Kier molecular flexibility index (Phi) is 7.60. The lowest BCUT2D eigenvalue weighted by atomic mass is 10.1. The number of carbonyl (C=O) groups excluding carboxylic acids is 1. The van der Waals surface area contributed by atoms with Crippen molar-refractivity contribution in [3.8, 4) is 0 Å². The highest BCUT2D eigenvalue weighted by Gasteiger charge is 2.37. The Morgan fingerprint density at radius 1 is 0.923 bits per heavy atom. The van der Waals surface area contributed by atoms with Crippen LogP contribution in [-0.4, -0.2) is 11.4 Å². The van der Waals surface area contributed by atoms with Gasteiger partial charge in [0.05, 0.1) is 0 Å². The summed E-state index contributed by atoms with van der Waals surface area (Å²) in [6.07, 6.45) is 5.71. The van der Waals surface area contributed by atoms with E-state index >= 15 is 0 Å². The molecule has 0 radical (unpaired) electrons. The molecule has 0 bridgehead atoms. The van der Waals surface area contributed by atoms with Crippen LogP contribution >= 0.6 is 7.14 Å². The van der Waals surface area contributed by atoms with Crippen LogP contribution in [0.4, 0.5) is 0 Å². The number of benzene rings is 2. The summed E-state index contributed by atoms with van der Waals surface area (Å²) in [5.74, 6) is 0.00987. The van der Waals surface area contributed by atoms with Gasteiger partial charge in [-0.1, -0.05) is 92.4 Å². The van der Waals surface area contributed by atoms with E-state index in [0.717, 1.165) is 41.9 Å². The van der Waals surface area contributed by atoms with Gasteiger partial charge in [-0.2, -0.15) is 0 Å². The van der Waals surface area contributed by atoms with Crippen LogP contribution in [0.25, 0.3) is 0 Å². The van der Waals surface area contributed by atoms with Crippen LogP contribution in [-0.2, 0) is 9.36 Å². The quantitative estimate of drug-likeness (QED) is 0.333. The second kappa shape index (κ2) is 9.69. The van der Waals surface area contributed by atoms with E-state index in [1.54, 1.807) is 13.0 Å². The van der Waals surface area contributed by atoms with Crippen LogP contribution in [0.15, 0.2) is 72.3 Å². The van der Waals surface area contributed by atoms with Gasteiger partial charge in [-0.3, -0.25) is 4.79 Å². The van der Waals surface area contributed by atoms with Crippen molar-refractivity contribution >= 4 is 23.5 Å². The van der Waals surface area contributed by atoms with Crippen LogP contribution in [0, 0.1) is 0 Å². The molecular formula is C23H29O2P. The molecule has 2 rings (SSSR count). The summed E-state index contributed by atoms with van der Waals surface area (Å²) in [5.41, 5.74) is 0.771. The van der Waals surface area contributed by atoms with E-state index in [-0.39, 0.29) is 11.4 Å². The van der Waals surface area contributed by atoms with Crippen molar-refractivity contribution in [3.05, 3.63) is 72.3 Å². The van der Waals surface area contributed by atoms with E-state index in [1.165, 1.54) is 0 Å². The predicted octanol–water partition coefficient (Wildman–Crippen LogP) is 5.48. The Balaban J connectivity index is 2.62. The molecule has 0 heterocycles. The first-order valence-electron chi connectivity index (χ1n) is 9.39. The average molecular weight is 368 g/mol. The molecule has 2 aromatic carbocycles. The topological polar surface area (TPSA) is 34.1 Å². The summed E-state index contributed by atoms with van der Waals surface area (Å²) < 4.78 is 14.6. The van der Waals surface area contributed by atoms with Gasteiger partial charge in [-0.25, -0.2) is 0 Å². The second-order valence-electron chi connectivity index (χ2n) is 6.84. The van der Waals surface area contributed by atoms with Crippen molar-refractivity contribution in [2.45, 2.75) is 52.1 Å². The van der Waals surface area contributed by atoms with Crippen LogP contribution in [0.3, 0.4) is 0 Å². The van der Waals surface area contributed by atoms with Gasteiger partial charge in [-0.05, 0) is 26.3 Å². The number of hydrogen-bond acceptors (Lipinski definition) is 2. The molecule has 2 nitrogen and oxygen atoms in total. The van der Waals surface area contributed by atoms with Gasteiger partial charge in [0.15, 0.2) is 5.78 Å². The van der Waals surface area contributed by atoms with Crippen molar-refractivity contribution < 1.29 is 9.36 Å². The first-order chi connectivity index (χ1) is 12.5. The van der Waals surface area contributed by atoms with E-state index in [4.69, 9.17) is 0 Å². The lowest BCUT2D eigenvalue weighted by Gasteiger charge is -2.30. The van der Waals surface area contributed by atoms with Crippen molar-refractivity contribution in [3.63, 3.8) is 0 Å². The molecule has 0 aliphatic rings. The molecule has 0 aliphatic carbocycles. The maximum Gasteiger partial charge on any atom is 0.152 e. The largest absolute Gasteiger partial charge is 0.313 e. The summed E-state index contributed by atoms with van der Waals surface area (Å²) in [4.78, 5) is 11.7. The molecule has 0 aromatic heterocycles. The number of allylic oxidation sites excluding steroid dienone is 2. The summed E-state index contributed by atoms with van der Waals surface area (Å²) in [6, 6.07) is 19.5.